The molecule has 0 spiro atoms. The minimum absolute atomic E-state index is 0.316. The highest BCUT2D eigenvalue weighted by molar-refractivity contribution is 7.12. The molecular formula is C19H26OS. The summed E-state index contributed by atoms with van der Waals surface area (Å²) in [7, 11) is 0. The van der Waals surface area contributed by atoms with Crippen molar-refractivity contribution in [3.8, 4) is 0 Å². The lowest BCUT2D eigenvalue weighted by Crippen LogP contribution is -2.55. The number of hydrogen-bond acceptors (Lipinski definition) is 2. The molecule has 0 radical (unpaired) electrons. The minimum Gasteiger partial charge on any atom is -0.293 e. The Labute approximate surface area is 132 Å². The molecule has 4 bridgehead atoms. The fraction of sp³-hybridized carbons (Fsp3) is 0.737. The number of rotatable bonds is 3. The Morgan fingerprint density at radius 3 is 2.38 bits per heavy atom. The zero-order chi connectivity index (χ0) is 14.9. The first kappa shape index (κ1) is 14.0. The zero-order valence-corrected chi connectivity index (χ0v) is 14.3. The Bertz CT molecular complexity index is 580. The fourth-order valence-corrected chi connectivity index (χ4v) is 7.83. The monoisotopic (exact) mass is 302 g/mol. The summed E-state index contributed by atoms with van der Waals surface area (Å²) < 4.78 is 0. The van der Waals surface area contributed by atoms with Crippen LogP contribution < -0.4 is 0 Å². The van der Waals surface area contributed by atoms with Crippen LogP contribution in [0, 0.1) is 29.1 Å². The van der Waals surface area contributed by atoms with Gasteiger partial charge in [0, 0.05) is 6.42 Å². The Morgan fingerprint density at radius 1 is 1.19 bits per heavy atom. The van der Waals surface area contributed by atoms with Gasteiger partial charge in [0.1, 0.15) is 0 Å². The van der Waals surface area contributed by atoms with E-state index in [4.69, 9.17) is 0 Å². The molecule has 2 heteroatoms. The first-order valence-electron chi connectivity index (χ1n) is 8.38. The second-order valence-corrected chi connectivity index (χ2v) is 10.1. The van der Waals surface area contributed by atoms with Gasteiger partial charge in [0.15, 0.2) is 5.78 Å². The highest BCUT2D eigenvalue weighted by Crippen LogP contribution is 2.70. The van der Waals surface area contributed by atoms with Gasteiger partial charge in [0.2, 0.25) is 0 Å². The Hall–Kier alpha value is -0.630. The molecule has 114 valence electrons. The standard InChI is InChI=1S/C19H26OS/c1-13-4-5-21-16(13)15(20)9-19-8-14-6-17(2,11-19)10-18(3,7-14)12-19/h4-5,14H,6-12H2,1-3H3. The number of carbonyl (C=O) groups excluding carboxylic acids is 1. The van der Waals surface area contributed by atoms with E-state index >= 15 is 0 Å². The van der Waals surface area contributed by atoms with Crippen molar-refractivity contribution in [2.24, 2.45) is 22.2 Å². The summed E-state index contributed by atoms with van der Waals surface area (Å²) in [6, 6.07) is 2.08. The number of thiophene rings is 1. The third-order valence-corrected chi connectivity index (χ3v) is 7.45. The van der Waals surface area contributed by atoms with Gasteiger partial charge in [-0.15, -0.1) is 11.3 Å². The smallest absolute Gasteiger partial charge is 0.173 e. The van der Waals surface area contributed by atoms with Gasteiger partial charge in [0.25, 0.3) is 0 Å². The number of Topliss-reactive ketones (excluding diaryl/α,β-unsaturated/α-hetero) is 1. The molecule has 1 aromatic heterocycles. The lowest BCUT2D eigenvalue weighted by atomic mass is 9.39. The number of aryl methyl sites for hydroxylation is 1. The van der Waals surface area contributed by atoms with E-state index < -0.39 is 0 Å². The summed E-state index contributed by atoms with van der Waals surface area (Å²) in [5, 5.41) is 2.06. The van der Waals surface area contributed by atoms with Crippen LogP contribution >= 0.6 is 11.3 Å². The average molecular weight is 302 g/mol. The van der Waals surface area contributed by atoms with Crippen molar-refractivity contribution < 1.29 is 4.79 Å². The molecule has 4 aliphatic rings. The van der Waals surface area contributed by atoms with E-state index in [0.29, 0.717) is 22.0 Å². The van der Waals surface area contributed by atoms with Gasteiger partial charge in [-0.25, -0.2) is 0 Å². The maximum absolute atomic E-state index is 12.8. The van der Waals surface area contributed by atoms with Crippen LogP contribution in [0.4, 0.5) is 0 Å². The van der Waals surface area contributed by atoms with E-state index in [-0.39, 0.29) is 0 Å². The Balaban J connectivity index is 1.63. The molecule has 0 aromatic carbocycles. The van der Waals surface area contributed by atoms with Crippen LogP contribution in [0.25, 0.3) is 0 Å². The molecule has 0 aliphatic heterocycles. The van der Waals surface area contributed by atoms with Crippen molar-refractivity contribution in [2.75, 3.05) is 0 Å². The number of ketones is 1. The molecular weight excluding hydrogens is 276 g/mol. The highest BCUT2D eigenvalue weighted by atomic mass is 32.1. The van der Waals surface area contributed by atoms with Crippen molar-refractivity contribution in [2.45, 2.75) is 65.7 Å². The maximum atomic E-state index is 12.8. The molecule has 2 unspecified atom stereocenters. The topological polar surface area (TPSA) is 17.1 Å². The van der Waals surface area contributed by atoms with E-state index in [9.17, 15) is 4.79 Å². The Morgan fingerprint density at radius 2 is 1.86 bits per heavy atom. The molecule has 1 heterocycles. The van der Waals surface area contributed by atoms with Crippen LogP contribution in [0.1, 0.15) is 74.0 Å². The second kappa shape index (κ2) is 4.22. The van der Waals surface area contributed by atoms with Crippen LogP contribution in [0.2, 0.25) is 0 Å². The summed E-state index contributed by atoms with van der Waals surface area (Å²) in [4.78, 5) is 13.8. The molecule has 4 saturated carbocycles. The molecule has 4 fully saturated rings. The summed E-state index contributed by atoms with van der Waals surface area (Å²) in [5.41, 5.74) is 2.51. The molecule has 5 rings (SSSR count). The largest absolute Gasteiger partial charge is 0.293 e. The van der Waals surface area contributed by atoms with Crippen molar-refractivity contribution in [1.82, 2.24) is 0 Å². The third-order valence-electron chi connectivity index (χ3n) is 6.39. The van der Waals surface area contributed by atoms with Crippen LogP contribution in [0.3, 0.4) is 0 Å². The van der Waals surface area contributed by atoms with Gasteiger partial charge < -0.3 is 0 Å². The van der Waals surface area contributed by atoms with Gasteiger partial charge in [-0.3, -0.25) is 4.79 Å². The van der Waals surface area contributed by atoms with Gasteiger partial charge in [0.05, 0.1) is 4.88 Å². The van der Waals surface area contributed by atoms with Crippen molar-refractivity contribution >= 4 is 17.1 Å². The first-order chi connectivity index (χ1) is 9.81. The summed E-state index contributed by atoms with van der Waals surface area (Å²) >= 11 is 1.63. The molecule has 2 atom stereocenters. The van der Waals surface area contributed by atoms with Gasteiger partial charge in [-0.05, 0) is 84.6 Å². The zero-order valence-electron chi connectivity index (χ0n) is 13.5. The predicted octanol–water partition coefficient (Wildman–Crippen LogP) is 5.63. The van der Waals surface area contributed by atoms with E-state index in [1.165, 1.54) is 44.1 Å². The lowest BCUT2D eigenvalue weighted by molar-refractivity contribution is -0.143. The molecule has 0 amide bonds. The molecule has 1 nitrogen and oxygen atoms in total. The van der Waals surface area contributed by atoms with E-state index in [1.54, 1.807) is 11.3 Å². The van der Waals surface area contributed by atoms with Crippen LogP contribution in [0.15, 0.2) is 11.4 Å². The first-order valence-corrected chi connectivity index (χ1v) is 9.26. The van der Waals surface area contributed by atoms with Gasteiger partial charge in [-0.1, -0.05) is 13.8 Å². The van der Waals surface area contributed by atoms with Crippen molar-refractivity contribution in [3.63, 3.8) is 0 Å². The van der Waals surface area contributed by atoms with E-state index in [2.05, 4.69) is 32.2 Å². The SMILES string of the molecule is Cc1ccsc1C(=O)CC12CC3CC(C)(CC(C)(C3)C1)C2. The van der Waals surface area contributed by atoms with Crippen LogP contribution in [0.5, 0.6) is 0 Å². The van der Waals surface area contributed by atoms with Gasteiger partial charge >= 0.3 is 0 Å². The molecule has 1 aromatic rings. The van der Waals surface area contributed by atoms with Crippen molar-refractivity contribution in [3.05, 3.63) is 21.9 Å². The lowest BCUT2D eigenvalue weighted by Gasteiger charge is -2.65. The normalized spacial score (nSPS) is 44.2. The van der Waals surface area contributed by atoms with Gasteiger partial charge in [-0.2, -0.15) is 0 Å². The average Bonchev–Trinajstić information content (AvgIpc) is 2.69. The van der Waals surface area contributed by atoms with Crippen LogP contribution in [-0.2, 0) is 0 Å². The molecule has 21 heavy (non-hydrogen) atoms. The summed E-state index contributed by atoms with van der Waals surface area (Å²) in [6.07, 6.45) is 8.92. The third kappa shape index (κ3) is 2.21. The second-order valence-electron chi connectivity index (χ2n) is 9.16. The molecule has 0 N–H and O–H groups in total. The van der Waals surface area contributed by atoms with Crippen LogP contribution in [-0.4, -0.2) is 5.78 Å². The molecule has 0 saturated heterocycles. The minimum atomic E-state index is 0.316. The maximum Gasteiger partial charge on any atom is 0.173 e. The number of carbonyl (C=O) groups is 1. The quantitative estimate of drug-likeness (QED) is 0.662. The fourth-order valence-electron chi connectivity index (χ4n) is 6.96. The highest BCUT2D eigenvalue weighted by Gasteiger charge is 2.60. The number of hydrogen-bond donors (Lipinski definition) is 0. The molecule has 4 aliphatic carbocycles. The van der Waals surface area contributed by atoms with E-state index in [1.807, 2.05) is 0 Å². The van der Waals surface area contributed by atoms with E-state index in [0.717, 1.165) is 17.2 Å². The Kier molecular flexibility index (Phi) is 2.81. The summed E-state index contributed by atoms with van der Waals surface area (Å²) in [5.74, 6) is 1.30. The summed E-state index contributed by atoms with van der Waals surface area (Å²) in [6.45, 7) is 7.06. The predicted molar refractivity (Wildman–Crippen MR) is 87.8 cm³/mol. The van der Waals surface area contributed by atoms with Crippen molar-refractivity contribution in [1.29, 1.82) is 0 Å².